The van der Waals surface area contributed by atoms with Crippen LogP contribution in [0, 0.1) is 0 Å². The fraction of sp³-hybridized carbons (Fsp3) is 0.519. The number of morpholine rings is 1. The van der Waals surface area contributed by atoms with Crippen molar-refractivity contribution in [2.75, 3.05) is 73.1 Å². The smallest absolute Gasteiger partial charge is 0.203 e. The highest BCUT2D eigenvalue weighted by Crippen LogP contribution is 2.50. The highest BCUT2D eigenvalue weighted by molar-refractivity contribution is 5.83. The van der Waals surface area contributed by atoms with Crippen LogP contribution in [0.5, 0.6) is 17.2 Å². The largest absolute Gasteiger partial charge is 0.493 e. The highest BCUT2D eigenvalue weighted by Gasteiger charge is 2.28. The molecule has 0 spiro atoms. The van der Waals surface area contributed by atoms with Gasteiger partial charge >= 0.3 is 0 Å². The molecule has 2 aromatic rings. The third kappa shape index (κ3) is 5.39. The lowest BCUT2D eigenvalue weighted by Crippen LogP contribution is -2.37. The summed E-state index contributed by atoms with van der Waals surface area (Å²) >= 11 is 0. The monoisotopic (exact) mass is 483 g/mol. The van der Waals surface area contributed by atoms with E-state index in [1.807, 2.05) is 25.2 Å². The van der Waals surface area contributed by atoms with Crippen LogP contribution in [-0.2, 0) is 11.2 Å². The number of hydrogen-bond acceptors (Lipinski definition) is 8. The highest BCUT2D eigenvalue weighted by atomic mass is 16.5. The van der Waals surface area contributed by atoms with Gasteiger partial charge in [0.1, 0.15) is 0 Å². The summed E-state index contributed by atoms with van der Waals surface area (Å²) in [5, 5.41) is 6.77. The van der Waals surface area contributed by atoms with Crippen LogP contribution in [-0.4, -0.2) is 72.7 Å². The van der Waals surface area contributed by atoms with Gasteiger partial charge in [0.25, 0.3) is 0 Å². The lowest BCUT2D eigenvalue weighted by atomic mass is 9.95. The van der Waals surface area contributed by atoms with Crippen LogP contribution in [0.4, 0.5) is 5.69 Å². The Kier molecular flexibility index (Phi) is 8.49. The van der Waals surface area contributed by atoms with E-state index in [0.717, 1.165) is 80.9 Å². The number of ether oxygens (including phenoxy) is 4. The molecule has 8 heteroatoms. The van der Waals surface area contributed by atoms with Gasteiger partial charge in [-0.2, -0.15) is 0 Å². The summed E-state index contributed by atoms with van der Waals surface area (Å²) in [5.74, 6) is 1.82. The van der Waals surface area contributed by atoms with E-state index in [-0.39, 0.29) is 11.5 Å². The standard InChI is InChI=1S/C27H37N3O5/c1-28-21-8-6-18-16-24(32-2)26(33-3)27(34-4)25(18)19-7-9-22(23(31)17-20(19)21)29-10-5-11-30-12-14-35-15-13-30/h7,9,16-17,21,28H,5-6,8,10-15H2,1-4H3,(H,29,31). The summed E-state index contributed by atoms with van der Waals surface area (Å²) in [6, 6.07) is 7.76. The molecule has 1 aliphatic carbocycles. The van der Waals surface area contributed by atoms with Crippen LogP contribution in [0.2, 0.25) is 0 Å². The van der Waals surface area contributed by atoms with Gasteiger partial charge in [0.2, 0.25) is 11.2 Å². The molecule has 8 nitrogen and oxygen atoms in total. The molecule has 0 amide bonds. The maximum atomic E-state index is 13.3. The molecule has 1 heterocycles. The van der Waals surface area contributed by atoms with Crippen LogP contribution < -0.4 is 30.3 Å². The van der Waals surface area contributed by atoms with Gasteiger partial charge in [0.15, 0.2) is 11.5 Å². The van der Waals surface area contributed by atoms with Gasteiger partial charge in [0, 0.05) is 31.2 Å². The molecule has 1 unspecified atom stereocenters. The molecule has 0 bridgehead atoms. The van der Waals surface area contributed by atoms with Gasteiger partial charge in [-0.05, 0) is 67.7 Å². The van der Waals surface area contributed by atoms with Gasteiger partial charge in [-0.25, -0.2) is 0 Å². The summed E-state index contributed by atoms with van der Waals surface area (Å²) in [5.41, 5.74) is 4.58. The Morgan fingerprint density at radius 1 is 1.06 bits per heavy atom. The predicted octanol–water partition coefficient (Wildman–Crippen LogP) is 3.08. The Morgan fingerprint density at radius 2 is 1.83 bits per heavy atom. The molecule has 4 rings (SSSR count). The predicted molar refractivity (Wildman–Crippen MR) is 138 cm³/mol. The first kappa shape index (κ1) is 25.3. The maximum absolute atomic E-state index is 13.3. The Hall–Kier alpha value is -2.81. The number of fused-ring (bicyclic) bond motifs is 3. The van der Waals surface area contributed by atoms with Crippen molar-refractivity contribution in [3.8, 4) is 28.4 Å². The number of rotatable bonds is 9. The third-order valence-electron chi connectivity index (χ3n) is 6.96. The van der Waals surface area contributed by atoms with E-state index in [1.165, 1.54) is 0 Å². The van der Waals surface area contributed by atoms with Crippen molar-refractivity contribution in [3.05, 3.63) is 45.6 Å². The van der Waals surface area contributed by atoms with Crippen molar-refractivity contribution in [2.24, 2.45) is 0 Å². The lowest BCUT2D eigenvalue weighted by Gasteiger charge is -2.26. The zero-order valence-electron chi connectivity index (χ0n) is 21.2. The second-order valence-corrected chi connectivity index (χ2v) is 8.92. The number of nitrogens with one attached hydrogen (secondary N) is 2. The van der Waals surface area contributed by atoms with E-state index < -0.39 is 0 Å². The first-order valence-corrected chi connectivity index (χ1v) is 12.3. The maximum Gasteiger partial charge on any atom is 0.203 e. The molecule has 190 valence electrons. The molecule has 1 atom stereocenters. The number of hydrogen-bond donors (Lipinski definition) is 2. The lowest BCUT2D eigenvalue weighted by molar-refractivity contribution is 0.0378. The molecule has 2 aliphatic rings. The molecule has 2 aromatic carbocycles. The van der Waals surface area contributed by atoms with Crippen molar-refractivity contribution in [1.82, 2.24) is 10.2 Å². The molecule has 1 aliphatic heterocycles. The SMILES string of the molecule is CNC1CCc2cc(OC)c(OC)c(OC)c2-c2ccc(NCCCN3CCOCC3)c(=O)cc21. The van der Waals surface area contributed by atoms with Crippen LogP contribution in [0.15, 0.2) is 29.1 Å². The minimum absolute atomic E-state index is 0.0132. The Balaban J connectivity index is 1.69. The summed E-state index contributed by atoms with van der Waals surface area (Å²) < 4.78 is 22.5. The van der Waals surface area contributed by atoms with E-state index in [2.05, 4.69) is 15.5 Å². The Labute approximate surface area is 207 Å². The van der Waals surface area contributed by atoms with Crippen molar-refractivity contribution < 1.29 is 18.9 Å². The average molecular weight is 484 g/mol. The summed E-state index contributed by atoms with van der Waals surface area (Å²) in [6.45, 7) is 5.27. The van der Waals surface area contributed by atoms with Crippen molar-refractivity contribution in [3.63, 3.8) is 0 Å². The minimum Gasteiger partial charge on any atom is -0.493 e. The Morgan fingerprint density at radius 3 is 2.51 bits per heavy atom. The fourth-order valence-electron chi connectivity index (χ4n) is 5.11. The molecule has 1 fully saturated rings. The third-order valence-corrected chi connectivity index (χ3v) is 6.96. The van der Waals surface area contributed by atoms with Crippen LogP contribution in [0.1, 0.15) is 30.0 Å². The van der Waals surface area contributed by atoms with Crippen molar-refractivity contribution in [1.29, 1.82) is 0 Å². The van der Waals surface area contributed by atoms with Gasteiger partial charge in [-0.1, -0.05) is 6.07 Å². The van der Waals surface area contributed by atoms with Crippen molar-refractivity contribution in [2.45, 2.75) is 25.3 Å². The average Bonchev–Trinajstić information content (AvgIpc) is 3.14. The van der Waals surface area contributed by atoms with E-state index >= 15 is 0 Å². The quantitative estimate of drug-likeness (QED) is 0.527. The number of benzene rings is 1. The number of aryl methyl sites for hydroxylation is 1. The summed E-state index contributed by atoms with van der Waals surface area (Å²) in [6.07, 6.45) is 2.63. The molecular formula is C27H37N3O5. The second kappa shape index (κ2) is 11.7. The minimum atomic E-state index is -0.0132. The topological polar surface area (TPSA) is 81.3 Å². The van der Waals surface area contributed by atoms with Crippen LogP contribution in [0.3, 0.4) is 0 Å². The molecular weight excluding hydrogens is 446 g/mol. The second-order valence-electron chi connectivity index (χ2n) is 8.92. The van der Waals surface area contributed by atoms with E-state index in [0.29, 0.717) is 22.9 Å². The van der Waals surface area contributed by atoms with Gasteiger partial charge in [-0.15, -0.1) is 0 Å². The molecule has 35 heavy (non-hydrogen) atoms. The van der Waals surface area contributed by atoms with Gasteiger partial charge in [-0.3, -0.25) is 9.69 Å². The zero-order chi connectivity index (χ0) is 24.8. The summed E-state index contributed by atoms with van der Waals surface area (Å²) in [4.78, 5) is 15.7. The van der Waals surface area contributed by atoms with E-state index in [1.54, 1.807) is 27.4 Å². The number of methoxy groups -OCH3 is 3. The molecule has 2 N–H and O–H groups in total. The first-order valence-electron chi connectivity index (χ1n) is 12.3. The fourth-order valence-corrected chi connectivity index (χ4v) is 5.11. The Bertz CT molecular complexity index is 1090. The first-order chi connectivity index (χ1) is 17.1. The van der Waals surface area contributed by atoms with E-state index in [9.17, 15) is 4.79 Å². The van der Waals surface area contributed by atoms with E-state index in [4.69, 9.17) is 18.9 Å². The van der Waals surface area contributed by atoms with Crippen LogP contribution >= 0.6 is 0 Å². The molecule has 1 saturated heterocycles. The summed E-state index contributed by atoms with van der Waals surface area (Å²) in [7, 11) is 6.82. The van der Waals surface area contributed by atoms with Crippen LogP contribution in [0.25, 0.3) is 11.1 Å². The van der Waals surface area contributed by atoms with Crippen molar-refractivity contribution >= 4 is 5.69 Å². The molecule has 0 aromatic heterocycles. The zero-order valence-corrected chi connectivity index (χ0v) is 21.2. The molecule has 0 saturated carbocycles. The number of anilines is 1. The van der Waals surface area contributed by atoms with Gasteiger partial charge < -0.3 is 29.6 Å². The molecule has 0 radical (unpaired) electrons. The normalized spacial score (nSPS) is 17.7. The number of nitrogens with zero attached hydrogens (tertiary/aromatic N) is 1. The van der Waals surface area contributed by atoms with Gasteiger partial charge in [0.05, 0.1) is 40.2 Å².